The number of hydrogen-bond donors (Lipinski definition) is 1. The first kappa shape index (κ1) is 22.2. The van der Waals surface area contributed by atoms with E-state index in [9.17, 15) is 14.4 Å². The molecule has 1 aliphatic heterocycles. The summed E-state index contributed by atoms with van der Waals surface area (Å²) in [6.45, 7) is 8.88. The van der Waals surface area contributed by atoms with Gasteiger partial charge in [-0.1, -0.05) is 25.2 Å². The van der Waals surface area contributed by atoms with E-state index < -0.39 is 5.54 Å². The molecule has 10 heteroatoms. The Morgan fingerprint density at radius 2 is 1.97 bits per heavy atom. The average Bonchev–Trinajstić information content (AvgIpc) is 3.34. The third-order valence-corrected chi connectivity index (χ3v) is 6.95. The molecule has 1 amide bonds. The maximum absolute atomic E-state index is 13.1. The van der Waals surface area contributed by atoms with E-state index in [1.807, 2.05) is 20.0 Å². The number of imidazole rings is 1. The highest BCUT2D eigenvalue weighted by Gasteiger charge is 2.31. The van der Waals surface area contributed by atoms with Gasteiger partial charge >= 0.3 is 0 Å². The standard InChI is InChI=1S/C22H26FN7OS/c1-15(2)22(3,14-24)26-19(31)13-28-8-10-29(11-9-28)21-27-30-12-18(25-20(30)32-21)16-4-6-17(23)7-5-16/h4-7,12,15H,8-11,13H2,1-3H3,(H,26,31). The average molecular weight is 456 g/mol. The lowest BCUT2D eigenvalue weighted by atomic mass is 9.90. The monoisotopic (exact) mass is 455 g/mol. The van der Waals surface area contributed by atoms with Gasteiger partial charge in [0.05, 0.1) is 24.5 Å². The molecule has 1 unspecified atom stereocenters. The third-order valence-electron chi connectivity index (χ3n) is 5.97. The number of nitrogens with one attached hydrogen (secondary N) is 1. The van der Waals surface area contributed by atoms with E-state index in [2.05, 4.69) is 31.3 Å². The molecule has 1 atom stereocenters. The maximum atomic E-state index is 13.1. The molecule has 168 valence electrons. The largest absolute Gasteiger partial charge is 0.344 e. The summed E-state index contributed by atoms with van der Waals surface area (Å²) >= 11 is 1.51. The maximum Gasteiger partial charge on any atom is 0.235 e. The molecule has 0 aliphatic carbocycles. The molecule has 2 aromatic heterocycles. The molecule has 1 fully saturated rings. The molecular formula is C22H26FN7OS. The van der Waals surface area contributed by atoms with Gasteiger partial charge in [0.25, 0.3) is 0 Å². The fraction of sp³-hybridized carbons (Fsp3) is 0.455. The van der Waals surface area contributed by atoms with Crippen LogP contribution in [0.1, 0.15) is 20.8 Å². The molecule has 4 rings (SSSR count). The van der Waals surface area contributed by atoms with Crippen molar-refractivity contribution in [3.05, 3.63) is 36.3 Å². The van der Waals surface area contributed by atoms with Gasteiger partial charge < -0.3 is 10.2 Å². The number of benzene rings is 1. The number of fused-ring (bicyclic) bond motifs is 1. The molecular weight excluding hydrogens is 429 g/mol. The van der Waals surface area contributed by atoms with Crippen LogP contribution in [0.2, 0.25) is 0 Å². The number of anilines is 1. The topological polar surface area (TPSA) is 89.6 Å². The first-order valence-corrected chi connectivity index (χ1v) is 11.4. The van der Waals surface area contributed by atoms with Gasteiger partial charge in [-0.15, -0.1) is 5.10 Å². The number of aromatic nitrogens is 3. The molecule has 0 bridgehead atoms. The zero-order chi connectivity index (χ0) is 22.9. The summed E-state index contributed by atoms with van der Waals surface area (Å²) < 4.78 is 14.9. The lowest BCUT2D eigenvalue weighted by Crippen LogP contribution is -2.54. The summed E-state index contributed by atoms with van der Waals surface area (Å²) in [5.74, 6) is -0.372. The molecule has 8 nitrogen and oxygen atoms in total. The van der Waals surface area contributed by atoms with Gasteiger partial charge in [0, 0.05) is 31.7 Å². The summed E-state index contributed by atoms with van der Waals surface area (Å²) in [6, 6.07) is 8.47. The molecule has 0 spiro atoms. The zero-order valence-electron chi connectivity index (χ0n) is 18.4. The minimum absolute atomic E-state index is 0.0284. The minimum atomic E-state index is -0.860. The third kappa shape index (κ3) is 4.59. The van der Waals surface area contributed by atoms with Gasteiger partial charge in [-0.2, -0.15) is 5.26 Å². The highest BCUT2D eigenvalue weighted by molar-refractivity contribution is 7.20. The van der Waals surface area contributed by atoms with Crippen LogP contribution >= 0.6 is 11.3 Å². The van der Waals surface area contributed by atoms with Crippen LogP contribution in [0.4, 0.5) is 9.52 Å². The Morgan fingerprint density at radius 3 is 2.56 bits per heavy atom. The van der Waals surface area contributed by atoms with E-state index in [1.165, 1.54) is 23.5 Å². The Labute approximate surface area is 190 Å². The number of carbonyl (C=O) groups excluding carboxylic acids is 1. The Morgan fingerprint density at radius 1 is 1.28 bits per heavy atom. The van der Waals surface area contributed by atoms with Crippen molar-refractivity contribution in [1.29, 1.82) is 5.26 Å². The second-order valence-electron chi connectivity index (χ2n) is 8.53. The fourth-order valence-electron chi connectivity index (χ4n) is 3.51. The number of hydrogen-bond acceptors (Lipinski definition) is 7. The van der Waals surface area contributed by atoms with Crippen molar-refractivity contribution in [2.45, 2.75) is 26.3 Å². The van der Waals surface area contributed by atoms with Crippen molar-refractivity contribution in [1.82, 2.24) is 24.8 Å². The van der Waals surface area contributed by atoms with Crippen LogP contribution < -0.4 is 10.2 Å². The van der Waals surface area contributed by atoms with E-state index in [4.69, 9.17) is 0 Å². The lowest BCUT2D eigenvalue weighted by Gasteiger charge is -2.35. The van der Waals surface area contributed by atoms with E-state index in [1.54, 1.807) is 23.6 Å². The summed E-state index contributed by atoms with van der Waals surface area (Å²) in [5.41, 5.74) is 0.751. The van der Waals surface area contributed by atoms with Crippen LogP contribution in [-0.2, 0) is 4.79 Å². The van der Waals surface area contributed by atoms with E-state index >= 15 is 0 Å². The second kappa shape index (κ2) is 8.84. The first-order valence-electron chi connectivity index (χ1n) is 10.6. The Hall–Kier alpha value is -3.03. The molecule has 1 saturated heterocycles. The molecule has 3 heterocycles. The van der Waals surface area contributed by atoms with E-state index in [-0.39, 0.29) is 24.2 Å². The summed E-state index contributed by atoms with van der Waals surface area (Å²) in [4.78, 5) is 22.1. The van der Waals surface area contributed by atoms with Gasteiger partial charge in [-0.3, -0.25) is 9.69 Å². The van der Waals surface area contributed by atoms with Crippen LogP contribution in [0.5, 0.6) is 0 Å². The normalized spacial score (nSPS) is 16.8. The van der Waals surface area contributed by atoms with Gasteiger partial charge in [-0.05, 0) is 37.1 Å². The number of nitriles is 1. The van der Waals surface area contributed by atoms with Gasteiger partial charge in [-0.25, -0.2) is 13.9 Å². The first-order chi connectivity index (χ1) is 15.3. The van der Waals surface area contributed by atoms with Crippen molar-refractivity contribution in [2.75, 3.05) is 37.6 Å². The Bertz CT molecular complexity index is 1110. The molecule has 3 aromatic rings. The molecule has 32 heavy (non-hydrogen) atoms. The Balaban J connectivity index is 1.34. The highest BCUT2D eigenvalue weighted by atomic mass is 32.1. The number of carbonyl (C=O) groups is 1. The van der Waals surface area contributed by atoms with Crippen molar-refractivity contribution in [3.63, 3.8) is 0 Å². The molecule has 0 radical (unpaired) electrons. The van der Waals surface area contributed by atoms with Crippen LogP contribution in [0.25, 0.3) is 16.2 Å². The van der Waals surface area contributed by atoms with E-state index in [0.717, 1.165) is 47.5 Å². The fourth-order valence-corrected chi connectivity index (χ4v) is 4.44. The summed E-state index contributed by atoms with van der Waals surface area (Å²) in [7, 11) is 0. The molecule has 1 aromatic carbocycles. The van der Waals surface area contributed by atoms with Crippen LogP contribution in [0.15, 0.2) is 30.5 Å². The molecule has 1 aliphatic rings. The highest BCUT2D eigenvalue weighted by Crippen LogP contribution is 2.27. The number of nitrogens with zero attached hydrogens (tertiary/aromatic N) is 6. The van der Waals surface area contributed by atoms with Crippen molar-refractivity contribution in [3.8, 4) is 17.3 Å². The molecule has 0 saturated carbocycles. The van der Waals surface area contributed by atoms with Gasteiger partial charge in [0.2, 0.25) is 16.0 Å². The van der Waals surface area contributed by atoms with Gasteiger partial charge in [0.1, 0.15) is 11.4 Å². The predicted octanol–water partition coefficient (Wildman–Crippen LogP) is 2.77. The smallest absolute Gasteiger partial charge is 0.235 e. The second-order valence-corrected chi connectivity index (χ2v) is 9.46. The van der Waals surface area contributed by atoms with Crippen LogP contribution in [0, 0.1) is 23.1 Å². The van der Waals surface area contributed by atoms with E-state index in [0.29, 0.717) is 0 Å². The number of rotatable bonds is 6. The van der Waals surface area contributed by atoms with Gasteiger partial charge in [0.15, 0.2) is 0 Å². The SMILES string of the molecule is CC(C)C(C)(C#N)NC(=O)CN1CCN(c2nn3cc(-c4ccc(F)cc4)nc3s2)CC1. The van der Waals surface area contributed by atoms with Crippen LogP contribution in [0.3, 0.4) is 0 Å². The number of piperazine rings is 1. The minimum Gasteiger partial charge on any atom is -0.344 e. The summed E-state index contributed by atoms with van der Waals surface area (Å²) in [6.07, 6.45) is 1.85. The van der Waals surface area contributed by atoms with Crippen molar-refractivity contribution in [2.24, 2.45) is 5.92 Å². The zero-order valence-corrected chi connectivity index (χ0v) is 19.2. The predicted molar refractivity (Wildman–Crippen MR) is 122 cm³/mol. The van der Waals surface area contributed by atoms with Crippen LogP contribution in [-0.4, -0.2) is 63.7 Å². The summed E-state index contributed by atoms with van der Waals surface area (Å²) in [5, 5.41) is 17.8. The Kier molecular flexibility index (Phi) is 6.13. The number of halogens is 1. The number of amides is 1. The van der Waals surface area contributed by atoms with Crippen molar-refractivity contribution >= 4 is 27.3 Å². The molecule has 1 N–H and O–H groups in total. The quantitative estimate of drug-likeness (QED) is 0.615. The lowest BCUT2D eigenvalue weighted by molar-refractivity contribution is -0.124. The van der Waals surface area contributed by atoms with Crippen molar-refractivity contribution < 1.29 is 9.18 Å².